The highest BCUT2D eigenvalue weighted by atomic mass is 32.1. The van der Waals surface area contributed by atoms with Gasteiger partial charge in [0.1, 0.15) is 17.2 Å². The van der Waals surface area contributed by atoms with Crippen LogP contribution in [-0.2, 0) is 31.5 Å². The van der Waals surface area contributed by atoms with Crippen LogP contribution in [0.2, 0.25) is 0 Å². The minimum atomic E-state index is -5.17. The molecule has 0 radical (unpaired) electrons. The summed E-state index contributed by atoms with van der Waals surface area (Å²) in [5.41, 5.74) is -3.86. The maximum absolute atomic E-state index is 14.2. The number of anilines is 1. The Bertz CT molecular complexity index is 1600. The van der Waals surface area contributed by atoms with Crippen molar-refractivity contribution in [1.29, 1.82) is 0 Å². The number of rotatable bonds is 4. The monoisotopic (exact) mass is 510 g/mol. The molecule has 13 heteroatoms. The number of fused-ring (bicyclic) bond motifs is 1. The molecule has 0 bridgehead atoms. The first-order valence-corrected chi connectivity index (χ1v) is 10.8. The fraction of sp³-hybridized carbons (Fsp3) is 0.182. The van der Waals surface area contributed by atoms with Gasteiger partial charge in [-0.2, -0.15) is 13.2 Å². The maximum Gasteiger partial charge on any atom is 0.419 e. The number of amides is 1. The molecule has 0 aliphatic rings. The van der Waals surface area contributed by atoms with E-state index in [1.165, 1.54) is 24.7 Å². The van der Waals surface area contributed by atoms with Gasteiger partial charge in [0, 0.05) is 19.5 Å². The van der Waals surface area contributed by atoms with Crippen LogP contribution in [0.25, 0.3) is 22.2 Å². The highest BCUT2D eigenvalue weighted by Crippen LogP contribution is 2.41. The Morgan fingerprint density at radius 1 is 1.06 bits per heavy atom. The van der Waals surface area contributed by atoms with Crippen LogP contribution < -0.4 is 16.6 Å². The number of aromatic nitrogens is 3. The van der Waals surface area contributed by atoms with Crippen molar-refractivity contribution in [2.24, 2.45) is 14.1 Å². The molecule has 0 aliphatic heterocycles. The van der Waals surface area contributed by atoms with Crippen LogP contribution in [0.15, 0.2) is 45.3 Å². The fourth-order valence-electron chi connectivity index (χ4n) is 3.70. The van der Waals surface area contributed by atoms with Crippen molar-refractivity contribution in [3.05, 3.63) is 79.3 Å². The Hall–Kier alpha value is -3.87. The number of aryl methyl sites for hydroxylation is 1. The van der Waals surface area contributed by atoms with E-state index in [-0.39, 0.29) is 16.9 Å². The first-order chi connectivity index (χ1) is 16.4. The van der Waals surface area contributed by atoms with Crippen molar-refractivity contribution in [3.8, 4) is 11.3 Å². The van der Waals surface area contributed by atoms with Gasteiger partial charge in [0.2, 0.25) is 5.91 Å². The van der Waals surface area contributed by atoms with Gasteiger partial charge in [0.05, 0.1) is 28.6 Å². The molecule has 4 rings (SSSR count). The van der Waals surface area contributed by atoms with E-state index in [4.69, 9.17) is 0 Å². The van der Waals surface area contributed by atoms with Crippen LogP contribution in [0.3, 0.4) is 0 Å². The van der Waals surface area contributed by atoms with Crippen LogP contribution in [0, 0.1) is 11.6 Å². The molecular weight excluding hydrogens is 495 g/mol. The van der Waals surface area contributed by atoms with Crippen LogP contribution >= 0.6 is 11.3 Å². The second-order valence-electron chi connectivity index (χ2n) is 7.56. The van der Waals surface area contributed by atoms with E-state index in [9.17, 15) is 36.3 Å². The molecule has 7 nitrogen and oxygen atoms in total. The smallest absolute Gasteiger partial charge is 0.302 e. The van der Waals surface area contributed by atoms with Gasteiger partial charge in [-0.25, -0.2) is 18.6 Å². The molecule has 0 saturated carbocycles. The molecule has 0 spiro atoms. The first kappa shape index (κ1) is 24.3. The van der Waals surface area contributed by atoms with Gasteiger partial charge in [-0.15, -0.1) is 11.3 Å². The summed E-state index contributed by atoms with van der Waals surface area (Å²) in [7, 11) is 2.78. The summed E-state index contributed by atoms with van der Waals surface area (Å²) in [6, 6.07) is 5.58. The Balaban J connectivity index is 1.66. The second-order valence-corrected chi connectivity index (χ2v) is 8.41. The molecule has 4 aromatic rings. The predicted octanol–water partition coefficient (Wildman–Crippen LogP) is 3.84. The number of carbonyl (C=O) groups is 1. The van der Waals surface area contributed by atoms with Crippen LogP contribution in [0.5, 0.6) is 0 Å². The molecule has 0 aliphatic carbocycles. The van der Waals surface area contributed by atoms with Gasteiger partial charge >= 0.3 is 11.9 Å². The molecule has 2 aromatic carbocycles. The third-order valence-corrected chi connectivity index (χ3v) is 6.08. The second kappa shape index (κ2) is 8.73. The standard InChI is InChI=1S/C22H15F5N4O3S/c1-30-14-5-3-4-10(16(14)19(33)31(2)21(30)34)8-15(32)29-20-28-13(9-35-20)17-11(23)6-7-12(24)18(17)22(25,26)27/h3-7,9H,8H2,1-2H3,(H,28,29,32). The van der Waals surface area contributed by atoms with Crippen molar-refractivity contribution in [3.63, 3.8) is 0 Å². The van der Waals surface area contributed by atoms with Gasteiger partial charge in [-0.05, 0) is 23.8 Å². The molecule has 2 heterocycles. The molecule has 182 valence electrons. The summed E-state index contributed by atoms with van der Waals surface area (Å²) in [6.45, 7) is 0. The van der Waals surface area contributed by atoms with Gasteiger partial charge in [-0.3, -0.25) is 18.7 Å². The van der Waals surface area contributed by atoms with E-state index >= 15 is 0 Å². The van der Waals surface area contributed by atoms with Crippen molar-refractivity contribution in [2.45, 2.75) is 12.6 Å². The zero-order chi connectivity index (χ0) is 25.7. The van der Waals surface area contributed by atoms with Gasteiger partial charge in [-0.1, -0.05) is 12.1 Å². The van der Waals surface area contributed by atoms with E-state index in [0.29, 0.717) is 23.2 Å². The lowest BCUT2D eigenvalue weighted by molar-refractivity contribution is -0.139. The molecule has 1 N–H and O–H groups in total. The number of carbonyl (C=O) groups excluding carboxylic acids is 1. The third kappa shape index (κ3) is 4.34. The lowest BCUT2D eigenvalue weighted by Crippen LogP contribution is -2.37. The number of halogens is 5. The molecule has 1 amide bonds. The summed E-state index contributed by atoms with van der Waals surface area (Å²) in [4.78, 5) is 41.2. The summed E-state index contributed by atoms with van der Waals surface area (Å²) in [6.07, 6.45) is -5.49. The molecule has 35 heavy (non-hydrogen) atoms. The number of nitrogens with zero attached hydrogens (tertiary/aromatic N) is 3. The Labute approximate surface area is 197 Å². The third-order valence-electron chi connectivity index (χ3n) is 5.33. The van der Waals surface area contributed by atoms with Crippen molar-refractivity contribution >= 4 is 33.3 Å². The van der Waals surface area contributed by atoms with E-state index < -0.39 is 51.8 Å². The number of alkyl halides is 3. The molecule has 0 fully saturated rings. The zero-order valence-electron chi connectivity index (χ0n) is 18.0. The van der Waals surface area contributed by atoms with Crippen LogP contribution in [0.4, 0.5) is 27.1 Å². The van der Waals surface area contributed by atoms with Crippen molar-refractivity contribution in [1.82, 2.24) is 14.1 Å². The maximum atomic E-state index is 14.2. The van der Waals surface area contributed by atoms with Crippen LogP contribution in [-0.4, -0.2) is 20.0 Å². The molecular formula is C22H15F5N4O3S. The van der Waals surface area contributed by atoms with Gasteiger partial charge < -0.3 is 5.32 Å². The fourth-order valence-corrected chi connectivity index (χ4v) is 4.42. The summed E-state index contributed by atoms with van der Waals surface area (Å²) < 4.78 is 70.3. The molecule has 0 unspecified atom stereocenters. The first-order valence-electron chi connectivity index (χ1n) is 9.88. The minimum Gasteiger partial charge on any atom is -0.302 e. The Kier molecular flexibility index (Phi) is 6.05. The normalized spacial score (nSPS) is 11.7. The van der Waals surface area contributed by atoms with E-state index in [1.54, 1.807) is 12.1 Å². The van der Waals surface area contributed by atoms with Crippen molar-refractivity contribution in [2.75, 3.05) is 5.32 Å². The van der Waals surface area contributed by atoms with E-state index in [0.717, 1.165) is 21.3 Å². The predicted molar refractivity (Wildman–Crippen MR) is 119 cm³/mol. The molecule has 2 aromatic heterocycles. The number of nitrogens with one attached hydrogen (secondary N) is 1. The van der Waals surface area contributed by atoms with Gasteiger partial charge in [0.15, 0.2) is 5.13 Å². The zero-order valence-corrected chi connectivity index (χ0v) is 18.9. The number of benzene rings is 2. The average molecular weight is 510 g/mol. The topological polar surface area (TPSA) is 86.0 Å². The highest BCUT2D eigenvalue weighted by molar-refractivity contribution is 7.14. The van der Waals surface area contributed by atoms with E-state index in [1.807, 2.05) is 0 Å². The summed E-state index contributed by atoms with van der Waals surface area (Å²) in [5.74, 6) is -3.64. The SMILES string of the molecule is Cn1c(=O)c2c(CC(=O)Nc3nc(-c4c(F)ccc(F)c4C(F)(F)F)cs3)cccc2n(C)c1=O. The Morgan fingerprint density at radius 3 is 2.43 bits per heavy atom. The lowest BCUT2D eigenvalue weighted by atomic mass is 10.0. The highest BCUT2D eigenvalue weighted by Gasteiger charge is 2.39. The number of hydrogen-bond donors (Lipinski definition) is 1. The number of hydrogen-bond acceptors (Lipinski definition) is 5. The molecule has 0 saturated heterocycles. The average Bonchev–Trinajstić information content (AvgIpc) is 3.24. The molecule has 0 atom stereocenters. The summed E-state index contributed by atoms with van der Waals surface area (Å²) >= 11 is 0.720. The van der Waals surface area contributed by atoms with E-state index in [2.05, 4.69) is 10.3 Å². The lowest BCUT2D eigenvalue weighted by Gasteiger charge is -2.13. The largest absolute Gasteiger partial charge is 0.419 e. The van der Waals surface area contributed by atoms with Crippen LogP contribution in [0.1, 0.15) is 11.1 Å². The minimum absolute atomic E-state index is 0.151. The van der Waals surface area contributed by atoms with Gasteiger partial charge in [0.25, 0.3) is 5.56 Å². The number of thiazole rings is 1. The quantitative estimate of drug-likeness (QED) is 0.423. The Morgan fingerprint density at radius 2 is 1.74 bits per heavy atom. The van der Waals surface area contributed by atoms with Crippen molar-refractivity contribution < 1.29 is 26.7 Å². The summed E-state index contributed by atoms with van der Waals surface area (Å²) in [5, 5.41) is 3.46.